The fraction of sp³-hybridized carbons (Fsp3) is 0.250. The molecule has 0 saturated carbocycles. The number of nitrogens with one attached hydrogen (secondary N) is 1. The van der Waals surface area contributed by atoms with E-state index in [0.29, 0.717) is 11.1 Å². The van der Waals surface area contributed by atoms with Crippen LogP contribution in [0.1, 0.15) is 11.6 Å². The van der Waals surface area contributed by atoms with Crippen LogP contribution in [-0.2, 0) is 0 Å². The van der Waals surface area contributed by atoms with Crippen molar-refractivity contribution in [2.24, 2.45) is 0 Å². The van der Waals surface area contributed by atoms with Crippen molar-refractivity contribution < 1.29 is 5.11 Å². The number of phenolic OH excluding ortho intramolecular Hbond substituents is 1. The molecule has 3 heteroatoms. The Bertz CT molecular complexity index is 283. The van der Waals surface area contributed by atoms with Crippen molar-refractivity contribution in [3.8, 4) is 5.75 Å². The molecule has 1 atom stereocenters. The summed E-state index contributed by atoms with van der Waals surface area (Å²) >= 11 is 5.86. The minimum atomic E-state index is 0.222. The van der Waals surface area contributed by atoms with Gasteiger partial charge in [-0.15, -0.1) is 0 Å². The van der Waals surface area contributed by atoms with Crippen molar-refractivity contribution in [2.45, 2.75) is 6.04 Å². The van der Waals surface area contributed by atoms with Gasteiger partial charge < -0.3 is 10.4 Å². The van der Waals surface area contributed by atoms with Gasteiger partial charge in [-0.1, -0.05) is 17.7 Å². The average Bonchev–Trinajstić information content (AvgIpc) is 2.70. The molecule has 1 saturated heterocycles. The second kappa shape index (κ2) is 2.40. The largest absolute Gasteiger partial charge is 0.508 e. The van der Waals surface area contributed by atoms with Gasteiger partial charge in [0.1, 0.15) is 5.75 Å². The van der Waals surface area contributed by atoms with E-state index in [2.05, 4.69) is 5.32 Å². The Morgan fingerprint density at radius 2 is 2.27 bits per heavy atom. The number of hydrogen-bond donors (Lipinski definition) is 2. The van der Waals surface area contributed by atoms with Crippen LogP contribution >= 0.6 is 11.6 Å². The summed E-state index contributed by atoms with van der Waals surface area (Å²) in [5, 5.41) is 12.8. The Balaban J connectivity index is 2.39. The lowest BCUT2D eigenvalue weighted by Gasteiger charge is -2.00. The molecule has 1 fully saturated rings. The lowest BCUT2D eigenvalue weighted by molar-refractivity contribution is 0.475. The molecule has 2 rings (SSSR count). The highest BCUT2D eigenvalue weighted by atomic mass is 35.5. The summed E-state index contributed by atoms with van der Waals surface area (Å²) in [5.41, 5.74) is 1.07. The van der Waals surface area contributed by atoms with Gasteiger partial charge in [-0.05, 0) is 17.7 Å². The molecule has 11 heavy (non-hydrogen) atoms. The van der Waals surface area contributed by atoms with E-state index in [1.54, 1.807) is 12.1 Å². The first-order chi connectivity index (χ1) is 5.27. The van der Waals surface area contributed by atoms with Gasteiger partial charge in [-0.3, -0.25) is 0 Å². The van der Waals surface area contributed by atoms with Crippen molar-refractivity contribution in [3.05, 3.63) is 28.8 Å². The van der Waals surface area contributed by atoms with Gasteiger partial charge in [0.05, 0.1) is 0 Å². The molecule has 2 nitrogen and oxygen atoms in total. The first kappa shape index (κ1) is 6.95. The molecule has 0 amide bonds. The molecular formula is C8H8ClNO. The molecule has 2 N–H and O–H groups in total. The summed E-state index contributed by atoms with van der Waals surface area (Å²) in [6.45, 7) is 0.991. The monoisotopic (exact) mass is 169 g/mol. The second-order valence-corrected chi connectivity index (χ2v) is 3.07. The van der Waals surface area contributed by atoms with Crippen LogP contribution < -0.4 is 5.32 Å². The SMILES string of the molecule is Oc1ccc([C@H]2CN2)c(Cl)c1. The van der Waals surface area contributed by atoms with Gasteiger partial charge in [-0.25, -0.2) is 0 Å². The Kier molecular flexibility index (Phi) is 1.51. The molecule has 1 aliphatic heterocycles. The molecule has 1 aliphatic rings. The van der Waals surface area contributed by atoms with E-state index >= 15 is 0 Å². The smallest absolute Gasteiger partial charge is 0.117 e. The molecule has 0 radical (unpaired) electrons. The predicted octanol–water partition coefficient (Wildman–Crippen LogP) is 1.69. The van der Waals surface area contributed by atoms with Crippen molar-refractivity contribution >= 4 is 11.6 Å². The van der Waals surface area contributed by atoms with Gasteiger partial charge in [0.15, 0.2) is 0 Å². The van der Waals surface area contributed by atoms with Crippen LogP contribution in [0.25, 0.3) is 0 Å². The molecule has 58 valence electrons. The molecule has 0 spiro atoms. The number of benzene rings is 1. The van der Waals surface area contributed by atoms with Crippen LogP contribution in [0, 0.1) is 0 Å². The van der Waals surface area contributed by atoms with E-state index in [0.717, 1.165) is 12.1 Å². The predicted molar refractivity (Wildman–Crippen MR) is 43.9 cm³/mol. The molecule has 0 aromatic heterocycles. The normalized spacial score (nSPS) is 21.7. The number of rotatable bonds is 1. The van der Waals surface area contributed by atoms with E-state index in [1.807, 2.05) is 6.07 Å². The molecule has 0 bridgehead atoms. The maximum absolute atomic E-state index is 9.03. The highest BCUT2D eigenvalue weighted by Gasteiger charge is 2.24. The van der Waals surface area contributed by atoms with Crippen LogP contribution in [0.5, 0.6) is 5.75 Å². The average molecular weight is 170 g/mol. The Morgan fingerprint density at radius 3 is 2.82 bits per heavy atom. The van der Waals surface area contributed by atoms with Gasteiger partial charge in [-0.2, -0.15) is 0 Å². The Morgan fingerprint density at radius 1 is 1.55 bits per heavy atom. The van der Waals surface area contributed by atoms with Crippen LogP contribution in [0.4, 0.5) is 0 Å². The summed E-state index contributed by atoms with van der Waals surface area (Å²) < 4.78 is 0. The third-order valence-corrected chi connectivity index (χ3v) is 2.10. The van der Waals surface area contributed by atoms with Crippen molar-refractivity contribution in [1.82, 2.24) is 5.32 Å². The minimum absolute atomic E-state index is 0.222. The summed E-state index contributed by atoms with van der Waals surface area (Å²) in [6, 6.07) is 5.48. The molecule has 0 unspecified atom stereocenters. The summed E-state index contributed by atoms with van der Waals surface area (Å²) in [4.78, 5) is 0. The zero-order chi connectivity index (χ0) is 7.84. The van der Waals surface area contributed by atoms with E-state index in [4.69, 9.17) is 16.7 Å². The lowest BCUT2D eigenvalue weighted by Crippen LogP contribution is -1.84. The van der Waals surface area contributed by atoms with Crippen molar-refractivity contribution in [1.29, 1.82) is 0 Å². The minimum Gasteiger partial charge on any atom is -0.508 e. The van der Waals surface area contributed by atoms with E-state index in [9.17, 15) is 0 Å². The van der Waals surface area contributed by atoms with Gasteiger partial charge in [0, 0.05) is 17.6 Å². The zero-order valence-electron chi connectivity index (χ0n) is 5.84. The molecule has 0 aliphatic carbocycles. The number of phenols is 1. The Hall–Kier alpha value is -0.730. The summed E-state index contributed by atoms with van der Waals surface area (Å²) in [7, 11) is 0. The number of hydrogen-bond acceptors (Lipinski definition) is 2. The first-order valence-corrected chi connectivity index (χ1v) is 3.87. The van der Waals surface area contributed by atoms with Crippen LogP contribution in [-0.4, -0.2) is 11.7 Å². The van der Waals surface area contributed by atoms with E-state index in [-0.39, 0.29) is 5.75 Å². The van der Waals surface area contributed by atoms with E-state index < -0.39 is 0 Å². The van der Waals surface area contributed by atoms with Gasteiger partial charge in [0.25, 0.3) is 0 Å². The molecular weight excluding hydrogens is 162 g/mol. The van der Waals surface area contributed by atoms with Crippen LogP contribution in [0.2, 0.25) is 5.02 Å². The first-order valence-electron chi connectivity index (χ1n) is 3.49. The third kappa shape index (κ3) is 1.32. The zero-order valence-corrected chi connectivity index (χ0v) is 6.60. The van der Waals surface area contributed by atoms with Crippen LogP contribution in [0.3, 0.4) is 0 Å². The second-order valence-electron chi connectivity index (χ2n) is 2.67. The van der Waals surface area contributed by atoms with Crippen LogP contribution in [0.15, 0.2) is 18.2 Å². The van der Waals surface area contributed by atoms with Crippen molar-refractivity contribution in [2.75, 3.05) is 6.54 Å². The highest BCUT2D eigenvalue weighted by Crippen LogP contribution is 2.30. The van der Waals surface area contributed by atoms with Gasteiger partial charge in [0.2, 0.25) is 0 Å². The topological polar surface area (TPSA) is 42.2 Å². The lowest BCUT2D eigenvalue weighted by atomic mass is 10.1. The quantitative estimate of drug-likeness (QED) is 0.629. The standard InChI is InChI=1S/C8H8ClNO/c9-7-3-5(11)1-2-6(7)8-4-10-8/h1-3,8,10-11H,4H2/t8-/m1/s1. The Labute approximate surface area is 69.8 Å². The number of halogens is 1. The third-order valence-electron chi connectivity index (χ3n) is 1.77. The molecule has 1 aromatic rings. The summed E-state index contributed by atoms with van der Waals surface area (Å²) in [6.07, 6.45) is 0. The van der Waals surface area contributed by atoms with Crippen molar-refractivity contribution in [3.63, 3.8) is 0 Å². The molecule has 1 aromatic carbocycles. The molecule has 1 heterocycles. The maximum Gasteiger partial charge on any atom is 0.117 e. The highest BCUT2D eigenvalue weighted by molar-refractivity contribution is 6.31. The van der Waals surface area contributed by atoms with E-state index in [1.165, 1.54) is 0 Å². The fourth-order valence-corrected chi connectivity index (χ4v) is 1.38. The maximum atomic E-state index is 9.03. The number of aromatic hydroxyl groups is 1. The summed E-state index contributed by atoms with van der Waals surface area (Å²) in [5.74, 6) is 0.222. The fourth-order valence-electron chi connectivity index (χ4n) is 1.08. The van der Waals surface area contributed by atoms with Gasteiger partial charge >= 0.3 is 0 Å².